The second-order valence-corrected chi connectivity index (χ2v) is 6.96. The molecule has 0 aliphatic heterocycles. The van der Waals surface area contributed by atoms with Crippen LogP contribution < -0.4 is 5.56 Å². The number of halogens is 2. The monoisotopic (exact) mass is 388 g/mol. The summed E-state index contributed by atoms with van der Waals surface area (Å²) in [5.74, 6) is 0.763. The van der Waals surface area contributed by atoms with Crippen molar-refractivity contribution in [2.24, 2.45) is 0 Å². The molecular weight excluding hydrogens is 367 g/mol. The van der Waals surface area contributed by atoms with Crippen LogP contribution in [0.2, 0.25) is 0 Å². The van der Waals surface area contributed by atoms with E-state index >= 15 is 0 Å². The third kappa shape index (κ3) is 3.57. The molecule has 0 spiro atoms. The summed E-state index contributed by atoms with van der Waals surface area (Å²) in [4.78, 5) is 25.1. The normalized spacial score (nSPS) is 10.9. The number of pyridine rings is 1. The van der Waals surface area contributed by atoms with Crippen molar-refractivity contribution in [1.82, 2.24) is 19.4 Å². The molecular formula is C16H22Cl2N4OS. The Hall–Kier alpha value is -1.21. The zero-order valence-corrected chi connectivity index (χ0v) is 16.9. The molecule has 3 aromatic heterocycles. The molecule has 24 heavy (non-hydrogen) atoms. The third-order valence-electron chi connectivity index (χ3n) is 3.84. The van der Waals surface area contributed by atoms with Gasteiger partial charge in [-0.25, -0.2) is 9.97 Å². The summed E-state index contributed by atoms with van der Waals surface area (Å²) in [6, 6.07) is 2.04. The summed E-state index contributed by atoms with van der Waals surface area (Å²) in [6.45, 7) is 7.40. The highest BCUT2D eigenvalue weighted by Crippen LogP contribution is 2.32. The quantitative estimate of drug-likeness (QED) is 0.690. The van der Waals surface area contributed by atoms with Crippen LogP contribution in [0.3, 0.4) is 0 Å². The van der Waals surface area contributed by atoms with Crippen LogP contribution in [0.15, 0.2) is 10.9 Å². The van der Waals surface area contributed by atoms with Crippen LogP contribution in [0, 0.1) is 20.8 Å². The number of rotatable bonds is 3. The fourth-order valence-electron chi connectivity index (χ4n) is 2.73. The lowest BCUT2D eigenvalue weighted by molar-refractivity contribution is 0.378. The van der Waals surface area contributed by atoms with E-state index < -0.39 is 0 Å². The van der Waals surface area contributed by atoms with Gasteiger partial charge in [0, 0.05) is 24.2 Å². The standard InChI is InChI=1S/C16H20N4OS.2ClH/c1-9-8-10(2)17-15-12(9)13-14(22-15)16(21)20(11(3)18-13)7-6-19(4)5;;/h8H,6-7H2,1-5H3;2*1H. The summed E-state index contributed by atoms with van der Waals surface area (Å²) in [7, 11) is 4.00. The summed E-state index contributed by atoms with van der Waals surface area (Å²) >= 11 is 1.45. The molecule has 0 aromatic carbocycles. The van der Waals surface area contributed by atoms with E-state index in [-0.39, 0.29) is 30.4 Å². The van der Waals surface area contributed by atoms with Crippen LogP contribution in [-0.4, -0.2) is 40.1 Å². The number of nitrogens with zero attached hydrogens (tertiary/aromatic N) is 4. The van der Waals surface area contributed by atoms with Crippen molar-refractivity contribution in [2.75, 3.05) is 20.6 Å². The van der Waals surface area contributed by atoms with Crippen molar-refractivity contribution >= 4 is 56.6 Å². The predicted molar refractivity (Wildman–Crippen MR) is 106 cm³/mol. The molecule has 0 aliphatic rings. The first kappa shape index (κ1) is 20.8. The van der Waals surface area contributed by atoms with Crippen LogP contribution in [-0.2, 0) is 6.54 Å². The highest BCUT2D eigenvalue weighted by Gasteiger charge is 2.16. The Balaban J connectivity index is 0.00000144. The van der Waals surface area contributed by atoms with Crippen LogP contribution in [0.1, 0.15) is 17.1 Å². The lowest BCUT2D eigenvalue weighted by Gasteiger charge is -2.13. The summed E-state index contributed by atoms with van der Waals surface area (Å²) in [5, 5.41) is 1.02. The van der Waals surface area contributed by atoms with Crippen molar-refractivity contribution in [1.29, 1.82) is 0 Å². The molecule has 0 aliphatic carbocycles. The van der Waals surface area contributed by atoms with Crippen molar-refractivity contribution in [2.45, 2.75) is 27.3 Å². The van der Waals surface area contributed by atoms with Gasteiger partial charge in [0.2, 0.25) is 0 Å². The van der Waals surface area contributed by atoms with Crippen LogP contribution in [0.5, 0.6) is 0 Å². The molecule has 5 nitrogen and oxygen atoms in total. The van der Waals surface area contributed by atoms with Gasteiger partial charge in [-0.1, -0.05) is 0 Å². The Morgan fingerprint density at radius 2 is 1.83 bits per heavy atom. The molecule has 0 saturated carbocycles. The zero-order valence-electron chi connectivity index (χ0n) is 14.4. The fourth-order valence-corrected chi connectivity index (χ4v) is 3.91. The first-order chi connectivity index (χ1) is 10.4. The Morgan fingerprint density at radius 3 is 2.46 bits per heavy atom. The molecule has 8 heteroatoms. The van der Waals surface area contributed by atoms with E-state index in [0.717, 1.165) is 39.4 Å². The predicted octanol–water partition coefficient (Wildman–Crippen LogP) is 3.34. The average Bonchev–Trinajstić information content (AvgIpc) is 2.76. The maximum absolute atomic E-state index is 12.8. The van der Waals surface area contributed by atoms with E-state index in [1.807, 2.05) is 34.0 Å². The SMILES string of the molecule is Cc1cc(C)c2c(n1)sc1c(=O)n(CCN(C)C)c(C)nc12.Cl.Cl. The maximum Gasteiger partial charge on any atom is 0.271 e. The topological polar surface area (TPSA) is 51.0 Å². The van der Waals surface area contributed by atoms with Crippen LogP contribution >= 0.6 is 36.2 Å². The largest absolute Gasteiger partial charge is 0.308 e. The number of likely N-dealkylation sites (N-methyl/N-ethyl adjacent to an activating group) is 1. The molecule has 3 aromatic rings. The fraction of sp³-hybridized carbons (Fsp3) is 0.438. The summed E-state index contributed by atoms with van der Waals surface area (Å²) in [5.41, 5.74) is 2.95. The molecule has 0 amide bonds. The second-order valence-electron chi connectivity index (χ2n) is 5.96. The Bertz CT molecular complexity index is 933. The molecule has 0 fully saturated rings. The van der Waals surface area contributed by atoms with Gasteiger partial charge >= 0.3 is 0 Å². The van der Waals surface area contributed by atoms with Crippen molar-refractivity contribution in [3.63, 3.8) is 0 Å². The minimum Gasteiger partial charge on any atom is -0.308 e. The first-order valence-corrected chi connectivity index (χ1v) is 8.12. The molecule has 3 heterocycles. The van der Waals surface area contributed by atoms with Crippen LogP contribution in [0.25, 0.3) is 20.4 Å². The minimum absolute atomic E-state index is 0. The van der Waals surface area contributed by atoms with E-state index in [0.29, 0.717) is 11.2 Å². The van der Waals surface area contributed by atoms with Crippen molar-refractivity contribution < 1.29 is 0 Å². The van der Waals surface area contributed by atoms with Gasteiger partial charge in [-0.05, 0) is 46.5 Å². The molecule has 0 unspecified atom stereocenters. The van der Waals surface area contributed by atoms with Crippen LogP contribution in [0.4, 0.5) is 0 Å². The lowest BCUT2D eigenvalue weighted by atomic mass is 10.1. The van der Waals surface area contributed by atoms with Gasteiger partial charge in [0.15, 0.2) is 0 Å². The van der Waals surface area contributed by atoms with E-state index in [2.05, 4.69) is 16.8 Å². The molecule has 0 N–H and O–H groups in total. The van der Waals surface area contributed by atoms with Gasteiger partial charge in [0.1, 0.15) is 15.4 Å². The number of aromatic nitrogens is 3. The van der Waals surface area contributed by atoms with Gasteiger partial charge < -0.3 is 4.90 Å². The Kier molecular flexibility index (Phi) is 6.75. The average molecular weight is 389 g/mol. The highest BCUT2D eigenvalue weighted by molar-refractivity contribution is 7.25. The smallest absolute Gasteiger partial charge is 0.271 e. The molecule has 132 valence electrons. The van der Waals surface area contributed by atoms with Crippen molar-refractivity contribution in [3.8, 4) is 0 Å². The number of fused-ring (bicyclic) bond motifs is 3. The minimum atomic E-state index is 0. The number of thiophene rings is 1. The van der Waals surface area contributed by atoms with Gasteiger partial charge in [-0.3, -0.25) is 9.36 Å². The van der Waals surface area contributed by atoms with E-state index in [1.165, 1.54) is 11.3 Å². The van der Waals surface area contributed by atoms with Gasteiger partial charge in [-0.15, -0.1) is 36.2 Å². The Labute approximate surface area is 157 Å². The van der Waals surface area contributed by atoms with E-state index in [1.54, 1.807) is 4.57 Å². The van der Waals surface area contributed by atoms with E-state index in [4.69, 9.17) is 4.98 Å². The van der Waals surface area contributed by atoms with Crippen molar-refractivity contribution in [3.05, 3.63) is 33.5 Å². The number of hydrogen-bond acceptors (Lipinski definition) is 5. The summed E-state index contributed by atoms with van der Waals surface area (Å²) in [6.07, 6.45) is 0. The highest BCUT2D eigenvalue weighted by atomic mass is 35.5. The zero-order chi connectivity index (χ0) is 16.0. The molecule has 0 radical (unpaired) electrons. The lowest BCUT2D eigenvalue weighted by Crippen LogP contribution is -2.28. The van der Waals surface area contributed by atoms with Gasteiger partial charge in [0.05, 0.1) is 5.52 Å². The molecule has 0 bridgehead atoms. The Morgan fingerprint density at radius 1 is 1.17 bits per heavy atom. The van der Waals surface area contributed by atoms with Gasteiger partial charge in [0.25, 0.3) is 5.56 Å². The first-order valence-electron chi connectivity index (χ1n) is 7.31. The maximum atomic E-state index is 12.8. The number of aryl methyl sites for hydroxylation is 3. The van der Waals surface area contributed by atoms with E-state index in [9.17, 15) is 4.79 Å². The summed E-state index contributed by atoms with van der Waals surface area (Å²) < 4.78 is 2.47. The van der Waals surface area contributed by atoms with Gasteiger partial charge in [-0.2, -0.15) is 0 Å². The second kappa shape index (κ2) is 7.78. The molecule has 3 rings (SSSR count). The molecule has 0 saturated heterocycles. The molecule has 0 atom stereocenters. The number of hydrogen-bond donors (Lipinski definition) is 0. The third-order valence-corrected chi connectivity index (χ3v) is 4.90.